The molecule has 2 aliphatic carbocycles. The monoisotopic (exact) mass is 469 g/mol. The number of rotatable bonds is 6. The van der Waals surface area contributed by atoms with Gasteiger partial charge in [-0.05, 0) is 75.7 Å². The van der Waals surface area contributed by atoms with E-state index in [0.717, 1.165) is 56.0 Å². The van der Waals surface area contributed by atoms with Crippen molar-refractivity contribution in [2.75, 3.05) is 29.6 Å². The van der Waals surface area contributed by atoms with Gasteiger partial charge in [0.1, 0.15) is 5.82 Å². The van der Waals surface area contributed by atoms with Crippen molar-refractivity contribution >= 4 is 40.5 Å². The van der Waals surface area contributed by atoms with Crippen LogP contribution in [0.4, 0.5) is 23.1 Å². The molecule has 2 aliphatic rings. The molecule has 0 atom stereocenters. The summed E-state index contributed by atoms with van der Waals surface area (Å²) in [5.41, 5.74) is 3.29. The Morgan fingerprint density at radius 1 is 1.06 bits per heavy atom. The van der Waals surface area contributed by atoms with Crippen LogP contribution in [0.15, 0.2) is 24.3 Å². The van der Waals surface area contributed by atoms with Gasteiger partial charge in [-0.3, -0.25) is 10.1 Å². The Labute approximate surface area is 199 Å². The zero-order valence-corrected chi connectivity index (χ0v) is 20.0. The lowest BCUT2D eigenvalue weighted by Gasteiger charge is -2.31. The van der Waals surface area contributed by atoms with E-state index >= 15 is 0 Å². The number of thiocarbonyl (C=S) groups is 1. The summed E-state index contributed by atoms with van der Waals surface area (Å²) in [6, 6.07) is 6.89. The van der Waals surface area contributed by atoms with Gasteiger partial charge in [-0.1, -0.05) is 0 Å². The molecule has 0 amide bonds. The summed E-state index contributed by atoms with van der Waals surface area (Å²) in [6.07, 6.45) is 8.50. The van der Waals surface area contributed by atoms with Gasteiger partial charge in [0.05, 0.1) is 10.6 Å². The molecule has 1 heterocycles. The number of anilines is 3. The number of aryl methyl sites for hydroxylation is 1. The highest BCUT2D eigenvalue weighted by molar-refractivity contribution is 7.80. The van der Waals surface area contributed by atoms with Crippen molar-refractivity contribution in [1.82, 2.24) is 15.3 Å². The molecule has 0 spiro atoms. The second-order valence-corrected chi connectivity index (χ2v) is 9.40. The Morgan fingerprint density at radius 3 is 2.39 bits per heavy atom. The lowest BCUT2D eigenvalue weighted by atomic mass is 9.91. The molecule has 4 rings (SSSR count). The van der Waals surface area contributed by atoms with Crippen molar-refractivity contribution in [3.8, 4) is 0 Å². The van der Waals surface area contributed by atoms with Gasteiger partial charge in [-0.25, -0.2) is 4.98 Å². The van der Waals surface area contributed by atoms with Crippen LogP contribution in [0.3, 0.4) is 0 Å². The first-order valence-electron chi connectivity index (χ1n) is 11.5. The van der Waals surface area contributed by atoms with Gasteiger partial charge in [0.2, 0.25) is 5.95 Å². The molecule has 3 N–H and O–H groups in total. The summed E-state index contributed by atoms with van der Waals surface area (Å²) in [7, 11) is 4.09. The van der Waals surface area contributed by atoms with Gasteiger partial charge in [-0.2, -0.15) is 4.98 Å². The van der Waals surface area contributed by atoms with Gasteiger partial charge in [0.25, 0.3) is 5.69 Å². The first-order valence-corrected chi connectivity index (χ1v) is 12.0. The summed E-state index contributed by atoms with van der Waals surface area (Å²) < 4.78 is 0. The van der Waals surface area contributed by atoms with Gasteiger partial charge in [-0.15, -0.1) is 0 Å². The Bertz CT molecular complexity index is 1000. The molecule has 0 bridgehead atoms. The predicted molar refractivity (Wildman–Crippen MR) is 135 cm³/mol. The van der Waals surface area contributed by atoms with Crippen molar-refractivity contribution in [1.29, 1.82) is 0 Å². The van der Waals surface area contributed by atoms with Gasteiger partial charge >= 0.3 is 0 Å². The number of benzene rings is 1. The minimum absolute atomic E-state index is 0.0610. The maximum atomic E-state index is 10.8. The van der Waals surface area contributed by atoms with Crippen molar-refractivity contribution in [3.05, 3.63) is 45.6 Å². The Balaban J connectivity index is 1.28. The third-order valence-corrected chi connectivity index (χ3v) is 6.54. The van der Waals surface area contributed by atoms with Crippen molar-refractivity contribution in [2.24, 2.45) is 0 Å². The molecule has 10 heteroatoms. The highest BCUT2D eigenvalue weighted by atomic mass is 32.1. The van der Waals surface area contributed by atoms with Crippen LogP contribution in [0.25, 0.3) is 0 Å². The first-order chi connectivity index (χ1) is 15.9. The molecule has 1 aromatic carbocycles. The summed E-state index contributed by atoms with van der Waals surface area (Å²) in [5.74, 6) is 1.78. The van der Waals surface area contributed by atoms with E-state index in [9.17, 15) is 10.1 Å². The molecule has 0 radical (unpaired) electrons. The second kappa shape index (κ2) is 10.3. The average molecular weight is 470 g/mol. The topological polar surface area (TPSA) is 108 Å². The van der Waals surface area contributed by atoms with E-state index in [1.165, 1.54) is 36.2 Å². The lowest BCUT2D eigenvalue weighted by Crippen LogP contribution is -2.42. The fraction of sp³-hybridized carbons (Fsp3) is 0.522. The van der Waals surface area contributed by atoms with Crippen molar-refractivity contribution in [2.45, 2.75) is 63.5 Å². The lowest BCUT2D eigenvalue weighted by molar-refractivity contribution is -0.384. The van der Waals surface area contributed by atoms with E-state index < -0.39 is 4.92 Å². The molecule has 1 aromatic heterocycles. The molecule has 0 aliphatic heterocycles. The second-order valence-electron chi connectivity index (χ2n) is 8.99. The van der Waals surface area contributed by atoms with Crippen LogP contribution in [-0.2, 0) is 12.8 Å². The number of non-ortho nitro benzene ring substituents is 1. The van der Waals surface area contributed by atoms with Crippen molar-refractivity contribution in [3.63, 3.8) is 0 Å². The van der Waals surface area contributed by atoms with Crippen LogP contribution in [-0.4, -0.2) is 46.2 Å². The summed E-state index contributed by atoms with van der Waals surface area (Å²) >= 11 is 5.43. The molecule has 2 aromatic rings. The third kappa shape index (κ3) is 5.87. The van der Waals surface area contributed by atoms with Gasteiger partial charge in [0, 0.05) is 49.6 Å². The summed E-state index contributed by atoms with van der Waals surface area (Å²) in [5, 5.41) is 21.4. The number of nitro benzene ring substituents is 1. The molecular formula is C23H31N7O2S. The molecule has 9 nitrogen and oxygen atoms in total. The fourth-order valence-corrected chi connectivity index (χ4v) is 4.88. The molecule has 0 saturated heterocycles. The standard InChI is InChI=1S/C23H31N7O2S/c1-29(2)21-19-5-3-4-6-20(19)27-22(28-21)24-15-7-9-16(10-8-15)25-23(33)26-17-11-13-18(14-12-17)30(31)32/h11-16H,3-10H2,1-2H3,(H,24,27,28)(H2,25,26,33). The number of nitrogens with zero attached hydrogens (tertiary/aromatic N) is 4. The largest absolute Gasteiger partial charge is 0.362 e. The molecule has 0 unspecified atom stereocenters. The minimum atomic E-state index is -0.413. The highest BCUT2D eigenvalue weighted by Gasteiger charge is 2.24. The Hall–Kier alpha value is -3.01. The van der Waals surface area contributed by atoms with Crippen LogP contribution >= 0.6 is 12.2 Å². The van der Waals surface area contributed by atoms with E-state index in [0.29, 0.717) is 17.2 Å². The zero-order valence-electron chi connectivity index (χ0n) is 19.1. The Kier molecular flexibility index (Phi) is 7.22. The molecule has 1 fully saturated rings. The third-order valence-electron chi connectivity index (χ3n) is 6.32. The summed E-state index contributed by atoms with van der Waals surface area (Å²) in [6.45, 7) is 0. The van der Waals surface area contributed by atoms with Crippen LogP contribution in [0, 0.1) is 10.1 Å². The normalized spacial score (nSPS) is 19.8. The number of nitrogens with one attached hydrogen (secondary N) is 3. The number of aromatic nitrogens is 2. The SMILES string of the molecule is CN(C)c1nc(NC2CCC(NC(=S)Nc3ccc([N+](=O)[O-])cc3)CC2)nc2c1CCCC2. The minimum Gasteiger partial charge on any atom is -0.362 e. The molecule has 33 heavy (non-hydrogen) atoms. The maximum absolute atomic E-state index is 10.8. The van der Waals surface area contributed by atoms with Crippen LogP contribution < -0.4 is 20.9 Å². The average Bonchev–Trinajstić information content (AvgIpc) is 2.80. The number of nitro groups is 1. The summed E-state index contributed by atoms with van der Waals surface area (Å²) in [4.78, 5) is 22.1. The predicted octanol–water partition coefficient (Wildman–Crippen LogP) is 4.04. The zero-order chi connectivity index (χ0) is 23.4. The first kappa shape index (κ1) is 23.2. The van der Waals surface area contributed by atoms with Gasteiger partial charge < -0.3 is 20.9 Å². The number of hydrogen-bond acceptors (Lipinski definition) is 7. The van der Waals surface area contributed by atoms with E-state index in [1.54, 1.807) is 12.1 Å². The smallest absolute Gasteiger partial charge is 0.269 e. The fourth-order valence-electron chi connectivity index (χ4n) is 4.59. The number of fused-ring (bicyclic) bond motifs is 1. The van der Waals surface area contributed by atoms with Crippen LogP contribution in [0.1, 0.15) is 49.8 Å². The van der Waals surface area contributed by atoms with E-state index in [-0.39, 0.29) is 5.69 Å². The Morgan fingerprint density at radius 2 is 1.73 bits per heavy atom. The van der Waals surface area contributed by atoms with Crippen LogP contribution in [0.5, 0.6) is 0 Å². The maximum Gasteiger partial charge on any atom is 0.269 e. The highest BCUT2D eigenvalue weighted by Crippen LogP contribution is 2.29. The molecule has 1 saturated carbocycles. The number of hydrogen-bond donors (Lipinski definition) is 3. The van der Waals surface area contributed by atoms with E-state index in [2.05, 4.69) is 20.9 Å². The van der Waals surface area contributed by atoms with Crippen molar-refractivity contribution < 1.29 is 4.92 Å². The molecule has 176 valence electrons. The van der Waals surface area contributed by atoms with Crippen LogP contribution in [0.2, 0.25) is 0 Å². The quantitative estimate of drug-likeness (QED) is 0.328. The molecular weight excluding hydrogens is 438 g/mol. The van der Waals surface area contributed by atoms with E-state index in [4.69, 9.17) is 22.2 Å². The van der Waals surface area contributed by atoms with E-state index in [1.807, 2.05) is 14.1 Å². The van der Waals surface area contributed by atoms with Gasteiger partial charge in [0.15, 0.2) is 5.11 Å².